The third kappa shape index (κ3) is 5.26. The van der Waals surface area contributed by atoms with Crippen LogP contribution in [0.25, 0.3) is 0 Å². The van der Waals surface area contributed by atoms with E-state index in [9.17, 15) is 0 Å². The van der Waals surface area contributed by atoms with E-state index in [4.69, 9.17) is 9.47 Å². The Hall–Kier alpha value is -2.00. The van der Waals surface area contributed by atoms with E-state index in [1.54, 1.807) is 14.2 Å². The molecule has 0 saturated carbocycles. The molecule has 2 aromatic rings. The lowest BCUT2D eigenvalue weighted by molar-refractivity contribution is 0.171. The van der Waals surface area contributed by atoms with Crippen LogP contribution in [0.15, 0.2) is 36.4 Å². The molecule has 0 heterocycles. The minimum atomic E-state index is 0.137. The van der Waals surface area contributed by atoms with E-state index >= 15 is 0 Å². The van der Waals surface area contributed by atoms with Crippen LogP contribution in [0.3, 0.4) is 0 Å². The maximum absolute atomic E-state index is 5.73. The monoisotopic (exact) mass is 369 g/mol. The van der Waals surface area contributed by atoms with Crippen molar-refractivity contribution in [2.45, 2.75) is 52.5 Å². The summed E-state index contributed by atoms with van der Waals surface area (Å²) < 4.78 is 11.5. The topological polar surface area (TPSA) is 21.7 Å². The van der Waals surface area contributed by atoms with Gasteiger partial charge in [-0.25, -0.2) is 0 Å². The predicted octanol–water partition coefficient (Wildman–Crippen LogP) is 5.57. The molecule has 0 aliphatic heterocycles. The molecular formula is C24H35NO2. The largest absolute Gasteiger partial charge is 0.496 e. The van der Waals surface area contributed by atoms with Crippen LogP contribution < -0.4 is 9.47 Å². The van der Waals surface area contributed by atoms with Crippen LogP contribution in [0, 0.1) is 13.8 Å². The van der Waals surface area contributed by atoms with E-state index in [-0.39, 0.29) is 11.5 Å². The van der Waals surface area contributed by atoms with Crippen LogP contribution in [0.5, 0.6) is 11.5 Å². The Labute approximate surface area is 165 Å². The number of aryl methyl sites for hydroxylation is 2. The SMILES string of the molecule is COc1ccc(C)cc1C(CCN(C)C(C)(C)C)c1cc(C)ccc1OC. The quantitative estimate of drug-likeness (QED) is 0.636. The number of hydrogen-bond donors (Lipinski definition) is 0. The van der Waals surface area contributed by atoms with Gasteiger partial charge in [0.05, 0.1) is 14.2 Å². The van der Waals surface area contributed by atoms with Gasteiger partial charge in [-0.05, 0) is 66.8 Å². The van der Waals surface area contributed by atoms with Gasteiger partial charge in [-0.1, -0.05) is 35.4 Å². The number of methoxy groups -OCH3 is 2. The van der Waals surface area contributed by atoms with Crippen molar-refractivity contribution in [3.63, 3.8) is 0 Å². The number of ether oxygens (including phenoxy) is 2. The van der Waals surface area contributed by atoms with Gasteiger partial charge in [-0.3, -0.25) is 0 Å². The Morgan fingerprint density at radius 2 is 1.30 bits per heavy atom. The van der Waals surface area contributed by atoms with E-state index < -0.39 is 0 Å². The Balaban J connectivity index is 2.53. The normalized spacial score (nSPS) is 11.9. The summed E-state index contributed by atoms with van der Waals surface area (Å²) in [5.74, 6) is 2.08. The van der Waals surface area contributed by atoms with Crippen LogP contribution >= 0.6 is 0 Å². The zero-order chi connectivity index (χ0) is 20.2. The molecular weight excluding hydrogens is 334 g/mol. The maximum Gasteiger partial charge on any atom is 0.122 e. The van der Waals surface area contributed by atoms with Crippen molar-refractivity contribution in [3.05, 3.63) is 58.7 Å². The zero-order valence-electron chi connectivity index (χ0n) is 18.2. The van der Waals surface area contributed by atoms with E-state index in [1.807, 2.05) is 0 Å². The van der Waals surface area contributed by atoms with Gasteiger partial charge in [0.15, 0.2) is 0 Å². The minimum absolute atomic E-state index is 0.137. The Morgan fingerprint density at radius 3 is 1.67 bits per heavy atom. The number of rotatable bonds is 7. The highest BCUT2D eigenvalue weighted by atomic mass is 16.5. The number of nitrogens with zero attached hydrogens (tertiary/aromatic N) is 1. The molecule has 2 rings (SSSR count). The second kappa shape index (κ2) is 8.79. The van der Waals surface area contributed by atoms with Crippen molar-refractivity contribution >= 4 is 0 Å². The van der Waals surface area contributed by atoms with Crippen LogP contribution in [0.1, 0.15) is 55.4 Å². The lowest BCUT2D eigenvalue weighted by Crippen LogP contribution is -2.39. The second-order valence-electron chi connectivity index (χ2n) is 8.42. The van der Waals surface area contributed by atoms with Gasteiger partial charge in [0, 0.05) is 22.6 Å². The summed E-state index contributed by atoms with van der Waals surface area (Å²) >= 11 is 0. The van der Waals surface area contributed by atoms with Crippen molar-refractivity contribution in [2.24, 2.45) is 0 Å². The van der Waals surface area contributed by atoms with E-state index in [0.29, 0.717) is 0 Å². The zero-order valence-corrected chi connectivity index (χ0v) is 18.2. The van der Waals surface area contributed by atoms with Gasteiger partial charge in [-0.15, -0.1) is 0 Å². The van der Waals surface area contributed by atoms with Gasteiger partial charge in [0.2, 0.25) is 0 Å². The summed E-state index contributed by atoms with van der Waals surface area (Å²) in [7, 11) is 5.69. The van der Waals surface area contributed by atoms with Gasteiger partial charge in [0.1, 0.15) is 11.5 Å². The molecule has 0 aliphatic carbocycles. The smallest absolute Gasteiger partial charge is 0.122 e. The summed E-state index contributed by atoms with van der Waals surface area (Å²) in [6.45, 7) is 12.0. The van der Waals surface area contributed by atoms with E-state index in [2.05, 4.69) is 83.0 Å². The van der Waals surface area contributed by atoms with Crippen molar-refractivity contribution in [1.82, 2.24) is 4.90 Å². The van der Waals surface area contributed by atoms with Crippen LogP contribution in [0.2, 0.25) is 0 Å². The molecule has 27 heavy (non-hydrogen) atoms. The Kier molecular flexibility index (Phi) is 6.94. The molecule has 0 aromatic heterocycles. The summed E-state index contributed by atoms with van der Waals surface area (Å²) in [5, 5.41) is 0. The third-order valence-electron chi connectivity index (χ3n) is 5.42. The van der Waals surface area contributed by atoms with Gasteiger partial charge in [0.25, 0.3) is 0 Å². The molecule has 3 nitrogen and oxygen atoms in total. The summed E-state index contributed by atoms with van der Waals surface area (Å²) in [4.78, 5) is 2.41. The summed E-state index contributed by atoms with van der Waals surface area (Å²) in [6.07, 6.45) is 0.993. The highest BCUT2D eigenvalue weighted by Gasteiger charge is 2.25. The minimum Gasteiger partial charge on any atom is -0.496 e. The first-order chi connectivity index (χ1) is 12.7. The van der Waals surface area contributed by atoms with Crippen molar-refractivity contribution in [3.8, 4) is 11.5 Å². The van der Waals surface area contributed by atoms with Gasteiger partial charge < -0.3 is 14.4 Å². The maximum atomic E-state index is 5.73. The molecule has 148 valence electrons. The van der Waals surface area contributed by atoms with Crippen LogP contribution in [-0.4, -0.2) is 38.3 Å². The molecule has 2 aromatic carbocycles. The number of benzene rings is 2. The fourth-order valence-electron chi connectivity index (χ4n) is 3.39. The third-order valence-corrected chi connectivity index (χ3v) is 5.42. The molecule has 0 radical (unpaired) electrons. The van der Waals surface area contributed by atoms with Crippen LogP contribution in [0.4, 0.5) is 0 Å². The van der Waals surface area contributed by atoms with Gasteiger partial charge in [-0.2, -0.15) is 0 Å². The first kappa shape index (κ1) is 21.3. The molecule has 0 saturated heterocycles. The second-order valence-corrected chi connectivity index (χ2v) is 8.42. The average molecular weight is 370 g/mol. The van der Waals surface area contributed by atoms with Crippen molar-refractivity contribution in [1.29, 1.82) is 0 Å². The van der Waals surface area contributed by atoms with Gasteiger partial charge >= 0.3 is 0 Å². The molecule has 0 spiro atoms. The number of hydrogen-bond acceptors (Lipinski definition) is 3. The lowest BCUT2D eigenvalue weighted by atomic mass is 9.85. The van der Waals surface area contributed by atoms with Crippen molar-refractivity contribution < 1.29 is 9.47 Å². The average Bonchev–Trinajstić information content (AvgIpc) is 2.61. The van der Waals surface area contributed by atoms with E-state index in [0.717, 1.165) is 24.5 Å². The summed E-state index contributed by atoms with van der Waals surface area (Å²) in [6, 6.07) is 12.9. The highest BCUT2D eigenvalue weighted by molar-refractivity contribution is 5.49. The molecule has 0 amide bonds. The molecule has 0 N–H and O–H groups in total. The molecule has 0 unspecified atom stereocenters. The fourth-order valence-corrected chi connectivity index (χ4v) is 3.39. The summed E-state index contributed by atoms with van der Waals surface area (Å²) in [5.41, 5.74) is 5.07. The molecule has 0 aliphatic rings. The first-order valence-electron chi connectivity index (χ1n) is 9.67. The molecule has 0 bridgehead atoms. The molecule has 0 fully saturated rings. The predicted molar refractivity (Wildman–Crippen MR) is 114 cm³/mol. The fraction of sp³-hybridized carbons (Fsp3) is 0.500. The molecule has 0 atom stereocenters. The standard InChI is InChI=1S/C24H35NO2/c1-17-9-11-22(26-7)20(15-17)19(13-14-25(6)24(3,4)5)21-16-18(2)10-12-23(21)27-8/h9-12,15-16,19H,13-14H2,1-8H3. The van der Waals surface area contributed by atoms with Crippen molar-refractivity contribution in [2.75, 3.05) is 27.8 Å². The lowest BCUT2D eigenvalue weighted by Gasteiger charge is -2.33. The van der Waals surface area contributed by atoms with E-state index in [1.165, 1.54) is 22.3 Å². The Morgan fingerprint density at radius 1 is 0.852 bits per heavy atom. The first-order valence-corrected chi connectivity index (χ1v) is 9.67. The molecule has 3 heteroatoms. The Bertz CT molecular complexity index is 708. The highest BCUT2D eigenvalue weighted by Crippen LogP contribution is 2.40. The van der Waals surface area contributed by atoms with Crippen LogP contribution in [-0.2, 0) is 0 Å².